The van der Waals surface area contributed by atoms with Crippen LogP contribution in [0.4, 0.5) is 14.9 Å². The van der Waals surface area contributed by atoms with Crippen LogP contribution in [-0.2, 0) is 0 Å². The van der Waals surface area contributed by atoms with Crippen LogP contribution in [0.2, 0.25) is 0 Å². The SMILES string of the molecule is O=C(Nc1ccccc1F)N[C@@H]1C[C@H]1CO. The van der Waals surface area contributed by atoms with E-state index in [4.69, 9.17) is 5.11 Å². The second kappa shape index (κ2) is 4.49. The minimum Gasteiger partial charge on any atom is -0.396 e. The normalized spacial score (nSPS) is 22.6. The highest BCUT2D eigenvalue weighted by molar-refractivity contribution is 5.89. The summed E-state index contributed by atoms with van der Waals surface area (Å²) in [5, 5.41) is 13.9. The number of benzene rings is 1. The zero-order chi connectivity index (χ0) is 11.5. The lowest BCUT2D eigenvalue weighted by atomic mass is 10.3. The third kappa shape index (κ3) is 2.49. The molecule has 3 N–H and O–H groups in total. The average Bonchev–Trinajstić information content (AvgIpc) is 3.00. The van der Waals surface area contributed by atoms with E-state index in [1.807, 2.05) is 0 Å². The number of aliphatic hydroxyl groups excluding tert-OH is 1. The molecule has 0 unspecified atom stereocenters. The number of hydrogen-bond donors (Lipinski definition) is 3. The van der Waals surface area contributed by atoms with Gasteiger partial charge in [0, 0.05) is 18.6 Å². The Morgan fingerprint density at radius 3 is 2.88 bits per heavy atom. The second-order valence-electron chi connectivity index (χ2n) is 3.86. The molecule has 2 rings (SSSR count). The van der Waals surface area contributed by atoms with Gasteiger partial charge in [0.2, 0.25) is 0 Å². The van der Waals surface area contributed by atoms with Crippen LogP contribution in [0.5, 0.6) is 0 Å². The lowest BCUT2D eigenvalue weighted by Crippen LogP contribution is -2.32. The molecule has 1 fully saturated rings. The van der Waals surface area contributed by atoms with Crippen LogP contribution >= 0.6 is 0 Å². The van der Waals surface area contributed by atoms with Gasteiger partial charge in [-0.3, -0.25) is 0 Å². The van der Waals surface area contributed by atoms with Crippen LogP contribution < -0.4 is 10.6 Å². The summed E-state index contributed by atoms with van der Waals surface area (Å²) in [6.07, 6.45) is 0.779. The third-order valence-corrected chi connectivity index (χ3v) is 2.60. The topological polar surface area (TPSA) is 61.4 Å². The number of rotatable bonds is 3. The molecule has 0 heterocycles. The van der Waals surface area contributed by atoms with Crippen molar-refractivity contribution >= 4 is 11.7 Å². The van der Waals surface area contributed by atoms with Crippen molar-refractivity contribution in [1.82, 2.24) is 5.32 Å². The van der Waals surface area contributed by atoms with Crippen LogP contribution in [0.1, 0.15) is 6.42 Å². The van der Waals surface area contributed by atoms with Gasteiger partial charge in [-0.2, -0.15) is 0 Å². The van der Waals surface area contributed by atoms with Crippen molar-refractivity contribution in [2.45, 2.75) is 12.5 Å². The Balaban J connectivity index is 1.86. The summed E-state index contributed by atoms with van der Waals surface area (Å²) in [6, 6.07) is 5.55. The number of anilines is 1. The van der Waals surface area contributed by atoms with E-state index in [9.17, 15) is 9.18 Å². The van der Waals surface area contributed by atoms with E-state index in [-0.39, 0.29) is 24.3 Å². The minimum absolute atomic E-state index is 0.0109. The first kappa shape index (κ1) is 10.9. The predicted molar refractivity (Wildman–Crippen MR) is 57.5 cm³/mol. The predicted octanol–water partition coefficient (Wildman–Crippen LogP) is 1.33. The molecule has 0 spiro atoms. The summed E-state index contributed by atoms with van der Waals surface area (Å²) in [4.78, 5) is 11.4. The maximum atomic E-state index is 13.2. The molecule has 1 aromatic carbocycles. The van der Waals surface area contributed by atoms with Gasteiger partial charge in [-0.25, -0.2) is 9.18 Å². The summed E-state index contributed by atoms with van der Waals surface area (Å²) in [7, 11) is 0. The molecule has 5 heteroatoms. The summed E-state index contributed by atoms with van der Waals surface area (Å²) in [5.74, 6) is -0.321. The van der Waals surface area contributed by atoms with Crippen molar-refractivity contribution in [2.75, 3.05) is 11.9 Å². The van der Waals surface area contributed by atoms with E-state index < -0.39 is 11.8 Å². The van der Waals surface area contributed by atoms with E-state index in [0.29, 0.717) is 0 Å². The van der Waals surface area contributed by atoms with Crippen LogP contribution in [0.25, 0.3) is 0 Å². The Morgan fingerprint density at radius 2 is 2.25 bits per heavy atom. The fourth-order valence-electron chi connectivity index (χ4n) is 1.52. The largest absolute Gasteiger partial charge is 0.396 e. The van der Waals surface area contributed by atoms with Crippen LogP contribution in [-0.4, -0.2) is 23.8 Å². The summed E-state index contributed by atoms with van der Waals surface area (Å²) >= 11 is 0. The highest BCUT2D eigenvalue weighted by atomic mass is 19.1. The first-order valence-electron chi connectivity index (χ1n) is 5.13. The molecule has 86 valence electrons. The molecule has 0 aromatic heterocycles. The summed E-state index contributed by atoms with van der Waals surface area (Å²) < 4.78 is 13.2. The second-order valence-corrected chi connectivity index (χ2v) is 3.86. The standard InChI is InChI=1S/C11H13FN2O2/c12-8-3-1-2-4-9(8)13-11(16)14-10-5-7(10)6-15/h1-4,7,10,15H,5-6H2,(H2,13,14,16)/t7-,10+/m0/s1. The number of para-hydroxylation sites is 1. The molecule has 1 aromatic rings. The fourth-order valence-corrected chi connectivity index (χ4v) is 1.52. The zero-order valence-corrected chi connectivity index (χ0v) is 8.61. The molecule has 1 aliphatic rings. The number of carbonyl (C=O) groups is 1. The van der Waals surface area contributed by atoms with E-state index in [1.54, 1.807) is 12.1 Å². The minimum atomic E-state index is -0.466. The Labute approximate surface area is 92.5 Å². The number of urea groups is 1. The van der Waals surface area contributed by atoms with Crippen molar-refractivity contribution in [2.24, 2.45) is 5.92 Å². The van der Waals surface area contributed by atoms with Crippen LogP contribution in [0.15, 0.2) is 24.3 Å². The van der Waals surface area contributed by atoms with Gasteiger partial charge in [-0.15, -0.1) is 0 Å². The Bertz CT molecular complexity index is 397. The van der Waals surface area contributed by atoms with Gasteiger partial charge in [0.1, 0.15) is 5.82 Å². The molecule has 2 atom stereocenters. The van der Waals surface area contributed by atoms with Gasteiger partial charge in [-0.05, 0) is 18.6 Å². The first-order valence-corrected chi connectivity index (χ1v) is 5.13. The monoisotopic (exact) mass is 224 g/mol. The van der Waals surface area contributed by atoms with Crippen molar-refractivity contribution in [3.63, 3.8) is 0 Å². The zero-order valence-electron chi connectivity index (χ0n) is 8.61. The van der Waals surface area contributed by atoms with Crippen LogP contribution in [0.3, 0.4) is 0 Å². The molecular weight excluding hydrogens is 211 g/mol. The molecule has 16 heavy (non-hydrogen) atoms. The Kier molecular flexibility index (Phi) is 3.05. The van der Waals surface area contributed by atoms with Crippen molar-refractivity contribution in [3.8, 4) is 0 Å². The number of carbonyl (C=O) groups excluding carboxylic acids is 1. The van der Waals surface area contributed by atoms with Gasteiger partial charge in [0.15, 0.2) is 0 Å². The molecule has 1 aliphatic carbocycles. The van der Waals surface area contributed by atoms with Crippen molar-refractivity contribution in [3.05, 3.63) is 30.1 Å². The maximum Gasteiger partial charge on any atom is 0.319 e. The number of halogens is 1. The van der Waals surface area contributed by atoms with Gasteiger partial charge in [-0.1, -0.05) is 12.1 Å². The number of nitrogens with one attached hydrogen (secondary N) is 2. The Hall–Kier alpha value is -1.62. The van der Waals surface area contributed by atoms with E-state index in [1.165, 1.54) is 12.1 Å². The van der Waals surface area contributed by atoms with E-state index in [2.05, 4.69) is 10.6 Å². The third-order valence-electron chi connectivity index (χ3n) is 2.60. The summed E-state index contributed by atoms with van der Waals surface area (Å²) in [5.41, 5.74) is 0.154. The van der Waals surface area contributed by atoms with Gasteiger partial charge < -0.3 is 15.7 Å². The van der Waals surface area contributed by atoms with E-state index in [0.717, 1.165) is 6.42 Å². The lowest BCUT2D eigenvalue weighted by Gasteiger charge is -2.07. The first-order chi connectivity index (χ1) is 7.70. The molecule has 0 aliphatic heterocycles. The molecule has 1 saturated carbocycles. The molecular formula is C11H13FN2O2. The molecule has 2 amide bonds. The molecule has 0 saturated heterocycles. The summed E-state index contributed by atoms with van der Waals surface area (Å²) in [6.45, 7) is 0.0741. The van der Waals surface area contributed by atoms with Gasteiger partial charge in [0.25, 0.3) is 0 Å². The van der Waals surface area contributed by atoms with Crippen LogP contribution in [0, 0.1) is 11.7 Å². The quantitative estimate of drug-likeness (QED) is 0.725. The van der Waals surface area contributed by atoms with Gasteiger partial charge >= 0.3 is 6.03 Å². The maximum absolute atomic E-state index is 13.2. The molecule has 4 nitrogen and oxygen atoms in total. The smallest absolute Gasteiger partial charge is 0.319 e. The van der Waals surface area contributed by atoms with Gasteiger partial charge in [0.05, 0.1) is 5.69 Å². The fraction of sp³-hybridized carbons (Fsp3) is 0.364. The lowest BCUT2D eigenvalue weighted by molar-refractivity contribution is 0.247. The average molecular weight is 224 g/mol. The Morgan fingerprint density at radius 1 is 1.50 bits per heavy atom. The number of aliphatic hydroxyl groups is 1. The molecule has 0 radical (unpaired) electrons. The highest BCUT2D eigenvalue weighted by Crippen LogP contribution is 2.29. The van der Waals surface area contributed by atoms with E-state index >= 15 is 0 Å². The number of hydrogen-bond acceptors (Lipinski definition) is 2. The highest BCUT2D eigenvalue weighted by Gasteiger charge is 2.37. The van der Waals surface area contributed by atoms with Crippen molar-refractivity contribution in [1.29, 1.82) is 0 Å². The van der Waals surface area contributed by atoms with Crippen molar-refractivity contribution < 1.29 is 14.3 Å². The number of amides is 2. The molecule has 0 bridgehead atoms.